The summed E-state index contributed by atoms with van der Waals surface area (Å²) in [6, 6.07) is 9.12. The van der Waals surface area contributed by atoms with Crippen molar-refractivity contribution in [1.82, 2.24) is 9.97 Å². The molecule has 3 rings (SSSR count). The molecule has 2 aromatic carbocycles. The van der Waals surface area contributed by atoms with Gasteiger partial charge in [0, 0.05) is 5.39 Å². The first-order valence-corrected chi connectivity index (χ1v) is 7.01. The number of fused-ring (bicyclic) bond motifs is 1. The van der Waals surface area contributed by atoms with Crippen LogP contribution in [0.1, 0.15) is 16.7 Å². The molecule has 3 nitrogen and oxygen atoms in total. The molecule has 0 aliphatic rings. The summed E-state index contributed by atoms with van der Waals surface area (Å²) < 4.78 is 39.3. The Morgan fingerprint density at radius 1 is 0.957 bits per heavy atom. The second-order valence-electron chi connectivity index (χ2n) is 5.34. The molecule has 0 radical (unpaired) electrons. The number of para-hydroxylation sites is 1. The van der Waals surface area contributed by atoms with Gasteiger partial charge in [0.2, 0.25) is 0 Å². The molecule has 118 valence electrons. The molecule has 0 fully saturated rings. The Balaban J connectivity index is 2.12. The van der Waals surface area contributed by atoms with Crippen LogP contribution in [0.5, 0.6) is 0 Å². The van der Waals surface area contributed by atoms with E-state index in [1.165, 1.54) is 18.5 Å². The summed E-state index contributed by atoms with van der Waals surface area (Å²) in [5, 5.41) is 3.49. The number of anilines is 2. The third kappa shape index (κ3) is 2.97. The highest BCUT2D eigenvalue weighted by Gasteiger charge is 2.33. The molecule has 6 heteroatoms. The third-order valence-corrected chi connectivity index (χ3v) is 3.74. The van der Waals surface area contributed by atoms with Crippen molar-refractivity contribution >= 4 is 22.4 Å². The van der Waals surface area contributed by atoms with Gasteiger partial charge in [-0.15, -0.1) is 0 Å². The minimum absolute atomic E-state index is 0.0294. The number of hydrogen-bond donors (Lipinski definition) is 1. The molecule has 1 N–H and O–H groups in total. The van der Waals surface area contributed by atoms with Gasteiger partial charge in [-0.3, -0.25) is 0 Å². The molecule has 0 atom stereocenters. The molecule has 0 saturated heterocycles. The molecule has 0 spiro atoms. The highest BCUT2D eigenvalue weighted by atomic mass is 19.4. The lowest BCUT2D eigenvalue weighted by atomic mass is 10.1. The van der Waals surface area contributed by atoms with E-state index in [4.69, 9.17) is 0 Å². The number of hydrogen-bond acceptors (Lipinski definition) is 3. The highest BCUT2D eigenvalue weighted by molar-refractivity contribution is 5.91. The van der Waals surface area contributed by atoms with Gasteiger partial charge in [-0.05, 0) is 49.2 Å². The first-order valence-electron chi connectivity index (χ1n) is 7.01. The number of aromatic nitrogens is 2. The van der Waals surface area contributed by atoms with E-state index in [1.807, 2.05) is 26.0 Å². The van der Waals surface area contributed by atoms with Crippen LogP contribution >= 0.6 is 0 Å². The Kier molecular flexibility index (Phi) is 3.67. The smallest absolute Gasteiger partial charge is 0.339 e. The number of rotatable bonds is 2. The zero-order chi connectivity index (χ0) is 16.6. The van der Waals surface area contributed by atoms with Gasteiger partial charge in [-0.25, -0.2) is 9.97 Å². The quantitative estimate of drug-likeness (QED) is 0.722. The van der Waals surface area contributed by atoms with E-state index < -0.39 is 11.7 Å². The number of nitrogens with one attached hydrogen (secondary N) is 1. The number of benzene rings is 2. The monoisotopic (exact) mass is 317 g/mol. The highest BCUT2D eigenvalue weighted by Crippen LogP contribution is 2.36. The van der Waals surface area contributed by atoms with E-state index in [9.17, 15) is 13.2 Å². The lowest BCUT2D eigenvalue weighted by Gasteiger charge is -2.15. The molecule has 1 heterocycles. The van der Waals surface area contributed by atoms with E-state index in [0.29, 0.717) is 16.7 Å². The predicted molar refractivity (Wildman–Crippen MR) is 83.7 cm³/mol. The van der Waals surface area contributed by atoms with Crippen molar-refractivity contribution in [2.24, 2.45) is 0 Å². The molecule has 3 aromatic rings. The van der Waals surface area contributed by atoms with Crippen molar-refractivity contribution in [2.75, 3.05) is 5.32 Å². The molecule has 0 unspecified atom stereocenters. The van der Waals surface area contributed by atoms with Gasteiger partial charge >= 0.3 is 6.18 Å². The van der Waals surface area contributed by atoms with E-state index in [1.54, 1.807) is 6.07 Å². The van der Waals surface area contributed by atoms with Crippen LogP contribution in [0.4, 0.5) is 24.7 Å². The lowest BCUT2D eigenvalue weighted by Crippen LogP contribution is -2.09. The first-order chi connectivity index (χ1) is 10.9. The van der Waals surface area contributed by atoms with Crippen molar-refractivity contribution in [1.29, 1.82) is 0 Å². The minimum Gasteiger partial charge on any atom is -0.339 e. The van der Waals surface area contributed by atoms with Gasteiger partial charge in [-0.1, -0.05) is 12.1 Å². The van der Waals surface area contributed by atoms with Gasteiger partial charge in [0.15, 0.2) is 0 Å². The van der Waals surface area contributed by atoms with E-state index >= 15 is 0 Å². The average molecular weight is 317 g/mol. The van der Waals surface area contributed by atoms with Crippen molar-refractivity contribution in [3.8, 4) is 0 Å². The number of alkyl halides is 3. The number of aryl methyl sites for hydroxylation is 2. The molecular formula is C17H14F3N3. The fraction of sp³-hybridized carbons (Fsp3) is 0.176. The third-order valence-electron chi connectivity index (χ3n) is 3.74. The Morgan fingerprint density at radius 3 is 2.39 bits per heavy atom. The van der Waals surface area contributed by atoms with Crippen LogP contribution in [0.3, 0.4) is 0 Å². The Bertz CT molecular complexity index is 873. The van der Waals surface area contributed by atoms with E-state index in [0.717, 1.165) is 17.2 Å². The van der Waals surface area contributed by atoms with Crippen LogP contribution in [0, 0.1) is 13.8 Å². The maximum Gasteiger partial charge on any atom is 0.418 e. The van der Waals surface area contributed by atoms with Gasteiger partial charge in [0.25, 0.3) is 0 Å². The zero-order valence-electron chi connectivity index (χ0n) is 12.6. The van der Waals surface area contributed by atoms with E-state index in [2.05, 4.69) is 15.3 Å². The fourth-order valence-electron chi connectivity index (χ4n) is 2.38. The van der Waals surface area contributed by atoms with Crippen LogP contribution < -0.4 is 5.32 Å². The SMILES string of the molecule is Cc1cc2ncnc(Nc3ccccc3C(F)(F)F)c2cc1C. The summed E-state index contributed by atoms with van der Waals surface area (Å²) in [5.41, 5.74) is 2.03. The van der Waals surface area contributed by atoms with Crippen LogP contribution in [-0.2, 0) is 6.18 Å². The average Bonchev–Trinajstić information content (AvgIpc) is 2.49. The molecule has 0 aliphatic heterocycles. The molecule has 0 bridgehead atoms. The van der Waals surface area contributed by atoms with Crippen molar-refractivity contribution in [2.45, 2.75) is 20.0 Å². The zero-order valence-corrected chi connectivity index (χ0v) is 12.6. The Morgan fingerprint density at radius 2 is 1.65 bits per heavy atom. The lowest BCUT2D eigenvalue weighted by molar-refractivity contribution is -0.136. The molecule has 1 aromatic heterocycles. The molecule has 0 saturated carbocycles. The maximum absolute atomic E-state index is 13.1. The number of nitrogens with zero attached hydrogens (tertiary/aromatic N) is 2. The normalized spacial score (nSPS) is 11.7. The molecule has 23 heavy (non-hydrogen) atoms. The second-order valence-corrected chi connectivity index (χ2v) is 5.34. The van der Waals surface area contributed by atoms with Crippen molar-refractivity contribution in [3.05, 3.63) is 59.4 Å². The largest absolute Gasteiger partial charge is 0.418 e. The van der Waals surface area contributed by atoms with Crippen LogP contribution in [0.25, 0.3) is 10.9 Å². The van der Waals surface area contributed by atoms with Crippen molar-refractivity contribution < 1.29 is 13.2 Å². The maximum atomic E-state index is 13.1. The molecule has 0 aliphatic carbocycles. The summed E-state index contributed by atoms with van der Waals surface area (Å²) in [6.07, 6.45) is -3.09. The fourth-order valence-corrected chi connectivity index (χ4v) is 2.38. The predicted octanol–water partition coefficient (Wildman–Crippen LogP) is 5.01. The second kappa shape index (κ2) is 5.53. The Labute approximate surface area is 131 Å². The van der Waals surface area contributed by atoms with Gasteiger partial charge in [0.1, 0.15) is 12.1 Å². The van der Waals surface area contributed by atoms with E-state index in [-0.39, 0.29) is 5.69 Å². The number of halogens is 3. The molecule has 0 amide bonds. The van der Waals surface area contributed by atoms with Crippen molar-refractivity contribution in [3.63, 3.8) is 0 Å². The molecular weight excluding hydrogens is 303 g/mol. The Hall–Kier alpha value is -2.63. The summed E-state index contributed by atoms with van der Waals surface area (Å²) in [5.74, 6) is 0.356. The summed E-state index contributed by atoms with van der Waals surface area (Å²) in [7, 11) is 0. The summed E-state index contributed by atoms with van der Waals surface area (Å²) in [4.78, 5) is 8.29. The standard InChI is InChI=1S/C17H14F3N3/c1-10-7-12-15(8-11(10)2)21-9-22-16(12)23-14-6-4-3-5-13(14)17(18,19)20/h3-9H,1-2H3,(H,21,22,23). The van der Waals surface area contributed by atoms with Gasteiger partial charge in [0.05, 0.1) is 16.8 Å². The van der Waals surface area contributed by atoms with Crippen LogP contribution in [0.2, 0.25) is 0 Å². The minimum atomic E-state index is -4.43. The van der Waals surface area contributed by atoms with Gasteiger partial charge < -0.3 is 5.32 Å². The summed E-state index contributed by atoms with van der Waals surface area (Å²) in [6.45, 7) is 3.90. The van der Waals surface area contributed by atoms with Crippen LogP contribution in [0.15, 0.2) is 42.7 Å². The van der Waals surface area contributed by atoms with Gasteiger partial charge in [-0.2, -0.15) is 13.2 Å². The van der Waals surface area contributed by atoms with Crippen LogP contribution in [-0.4, -0.2) is 9.97 Å². The topological polar surface area (TPSA) is 37.8 Å². The summed E-state index contributed by atoms with van der Waals surface area (Å²) >= 11 is 0. The first kappa shape index (κ1) is 15.3.